The molecule has 0 bridgehead atoms. The van der Waals surface area contributed by atoms with E-state index in [-0.39, 0.29) is 5.16 Å². The van der Waals surface area contributed by atoms with Gasteiger partial charge >= 0.3 is 0 Å². The van der Waals surface area contributed by atoms with Crippen LogP contribution in [0.1, 0.15) is 19.2 Å². The Kier molecular flexibility index (Phi) is 5.05. The molecule has 114 valence electrons. The topological polar surface area (TPSA) is 100 Å². The Balaban J connectivity index is 2.36. The van der Waals surface area contributed by atoms with Gasteiger partial charge in [-0.1, -0.05) is 25.1 Å². The summed E-state index contributed by atoms with van der Waals surface area (Å²) in [6, 6.07) is 9.00. The van der Waals surface area contributed by atoms with Gasteiger partial charge in [0.05, 0.1) is 6.61 Å². The van der Waals surface area contributed by atoms with Crippen LogP contribution < -0.4 is 5.14 Å². The average molecular weight is 310 g/mol. The van der Waals surface area contributed by atoms with Gasteiger partial charge in [0, 0.05) is 18.7 Å². The molecule has 0 amide bonds. The van der Waals surface area contributed by atoms with E-state index < -0.39 is 10.0 Å². The maximum atomic E-state index is 11.6. The lowest BCUT2D eigenvalue weighted by Crippen LogP contribution is -2.19. The van der Waals surface area contributed by atoms with Gasteiger partial charge in [0.15, 0.2) is 0 Å². The predicted octanol–water partition coefficient (Wildman–Crippen LogP) is 0.884. The van der Waals surface area contributed by atoms with Crippen LogP contribution in [0.4, 0.5) is 0 Å². The molecule has 2 rings (SSSR count). The molecule has 0 radical (unpaired) electrons. The number of aromatic nitrogens is 3. The fourth-order valence-electron chi connectivity index (χ4n) is 1.89. The van der Waals surface area contributed by atoms with Crippen LogP contribution in [0.3, 0.4) is 0 Å². The molecule has 8 heteroatoms. The van der Waals surface area contributed by atoms with Gasteiger partial charge in [-0.25, -0.2) is 13.6 Å². The van der Waals surface area contributed by atoms with Crippen molar-refractivity contribution < 1.29 is 13.2 Å². The largest absolute Gasteiger partial charge is 0.381 e. The van der Waals surface area contributed by atoms with Crippen molar-refractivity contribution in [2.75, 3.05) is 13.2 Å². The Morgan fingerprint density at radius 1 is 1.19 bits per heavy atom. The Bertz CT molecular complexity index is 683. The SMILES string of the molecule is CCCOCCc1nnc(S(N)(=O)=O)n1-c1ccccc1. The summed E-state index contributed by atoms with van der Waals surface area (Å²) in [6.07, 6.45) is 1.38. The third-order valence-corrected chi connectivity index (χ3v) is 3.56. The number of para-hydroxylation sites is 1. The van der Waals surface area contributed by atoms with Crippen LogP contribution in [0, 0.1) is 0 Å². The Labute approximate surface area is 123 Å². The molecule has 2 N–H and O–H groups in total. The highest BCUT2D eigenvalue weighted by molar-refractivity contribution is 7.89. The third kappa shape index (κ3) is 3.87. The maximum absolute atomic E-state index is 11.6. The first-order valence-corrected chi connectivity index (χ1v) is 8.19. The second-order valence-corrected chi connectivity index (χ2v) is 5.93. The summed E-state index contributed by atoms with van der Waals surface area (Å²) in [5, 5.41) is 12.6. The van der Waals surface area contributed by atoms with Crippen LogP contribution in [0.15, 0.2) is 35.5 Å². The van der Waals surface area contributed by atoms with Crippen LogP contribution in [0.25, 0.3) is 5.69 Å². The van der Waals surface area contributed by atoms with Gasteiger partial charge in [-0.3, -0.25) is 4.57 Å². The molecule has 7 nitrogen and oxygen atoms in total. The molecular formula is C13H18N4O3S. The summed E-state index contributed by atoms with van der Waals surface area (Å²) in [5.74, 6) is 0.501. The molecule has 1 aromatic heterocycles. The molecular weight excluding hydrogens is 292 g/mol. The van der Waals surface area contributed by atoms with Gasteiger partial charge in [-0.2, -0.15) is 0 Å². The van der Waals surface area contributed by atoms with Crippen molar-refractivity contribution in [2.45, 2.75) is 24.9 Å². The molecule has 2 aromatic rings. The van der Waals surface area contributed by atoms with E-state index in [2.05, 4.69) is 10.2 Å². The van der Waals surface area contributed by atoms with Gasteiger partial charge < -0.3 is 4.74 Å². The molecule has 0 saturated heterocycles. The number of primary sulfonamides is 1. The van der Waals surface area contributed by atoms with Crippen molar-refractivity contribution >= 4 is 10.0 Å². The lowest BCUT2D eigenvalue weighted by atomic mass is 10.3. The summed E-state index contributed by atoms with van der Waals surface area (Å²) >= 11 is 0. The van der Waals surface area contributed by atoms with Crippen molar-refractivity contribution in [3.05, 3.63) is 36.2 Å². The maximum Gasteiger partial charge on any atom is 0.274 e. The monoisotopic (exact) mass is 310 g/mol. The smallest absolute Gasteiger partial charge is 0.274 e. The Morgan fingerprint density at radius 2 is 1.90 bits per heavy atom. The van der Waals surface area contributed by atoms with E-state index in [0.717, 1.165) is 6.42 Å². The van der Waals surface area contributed by atoms with Crippen LogP contribution in [-0.4, -0.2) is 36.4 Å². The van der Waals surface area contributed by atoms with Gasteiger partial charge in [-0.15, -0.1) is 10.2 Å². The van der Waals surface area contributed by atoms with E-state index in [1.807, 2.05) is 13.0 Å². The van der Waals surface area contributed by atoms with E-state index in [1.165, 1.54) is 4.57 Å². The van der Waals surface area contributed by atoms with Gasteiger partial charge in [0.2, 0.25) is 0 Å². The molecule has 0 unspecified atom stereocenters. The van der Waals surface area contributed by atoms with Crippen LogP contribution in [0.5, 0.6) is 0 Å². The standard InChI is InChI=1S/C13H18N4O3S/c1-2-9-20-10-8-12-15-16-13(21(14,18)19)17(12)11-6-4-3-5-7-11/h3-7H,2,8-10H2,1H3,(H2,14,18,19). The predicted molar refractivity (Wildman–Crippen MR) is 77.5 cm³/mol. The number of hydrogen-bond donors (Lipinski definition) is 1. The van der Waals surface area contributed by atoms with E-state index in [0.29, 0.717) is 31.1 Å². The first kappa shape index (κ1) is 15.6. The first-order valence-electron chi connectivity index (χ1n) is 6.64. The average Bonchev–Trinajstić information content (AvgIpc) is 2.88. The zero-order chi connectivity index (χ0) is 15.3. The highest BCUT2D eigenvalue weighted by Gasteiger charge is 2.22. The van der Waals surface area contributed by atoms with Crippen molar-refractivity contribution in [1.29, 1.82) is 0 Å². The minimum atomic E-state index is -3.95. The van der Waals surface area contributed by atoms with Crippen molar-refractivity contribution in [1.82, 2.24) is 14.8 Å². The number of ether oxygens (including phenoxy) is 1. The molecule has 0 atom stereocenters. The van der Waals surface area contributed by atoms with E-state index in [1.54, 1.807) is 24.3 Å². The molecule has 0 saturated carbocycles. The molecule has 0 aliphatic rings. The summed E-state index contributed by atoms with van der Waals surface area (Å²) in [4.78, 5) is 0. The fourth-order valence-corrected chi connectivity index (χ4v) is 2.51. The normalized spacial score (nSPS) is 11.7. The van der Waals surface area contributed by atoms with Crippen LogP contribution >= 0.6 is 0 Å². The van der Waals surface area contributed by atoms with Crippen molar-refractivity contribution in [3.63, 3.8) is 0 Å². The van der Waals surface area contributed by atoms with E-state index in [9.17, 15) is 8.42 Å². The van der Waals surface area contributed by atoms with Gasteiger partial charge in [0.25, 0.3) is 15.2 Å². The quantitative estimate of drug-likeness (QED) is 0.765. The molecule has 0 fully saturated rings. The fraction of sp³-hybridized carbons (Fsp3) is 0.385. The summed E-state index contributed by atoms with van der Waals surface area (Å²) in [5.41, 5.74) is 0.650. The number of nitrogens with zero attached hydrogens (tertiary/aromatic N) is 3. The lowest BCUT2D eigenvalue weighted by molar-refractivity contribution is 0.136. The number of benzene rings is 1. The van der Waals surface area contributed by atoms with E-state index in [4.69, 9.17) is 9.88 Å². The molecule has 0 aliphatic heterocycles. The number of nitrogens with two attached hydrogens (primary N) is 1. The summed E-state index contributed by atoms with van der Waals surface area (Å²) < 4.78 is 30.1. The number of sulfonamides is 1. The Hall–Kier alpha value is -1.77. The molecule has 1 aromatic carbocycles. The zero-order valence-electron chi connectivity index (χ0n) is 11.8. The van der Waals surface area contributed by atoms with Crippen LogP contribution in [-0.2, 0) is 21.2 Å². The molecule has 21 heavy (non-hydrogen) atoms. The minimum absolute atomic E-state index is 0.265. The molecule has 0 aliphatic carbocycles. The van der Waals surface area contributed by atoms with Crippen molar-refractivity contribution in [3.8, 4) is 5.69 Å². The second kappa shape index (κ2) is 6.79. The first-order chi connectivity index (χ1) is 10.0. The highest BCUT2D eigenvalue weighted by atomic mass is 32.2. The molecule has 0 spiro atoms. The lowest BCUT2D eigenvalue weighted by Gasteiger charge is -2.09. The second-order valence-electron chi connectivity index (χ2n) is 4.48. The van der Waals surface area contributed by atoms with Crippen LogP contribution in [0.2, 0.25) is 0 Å². The third-order valence-electron chi connectivity index (χ3n) is 2.79. The highest BCUT2D eigenvalue weighted by Crippen LogP contribution is 2.16. The summed E-state index contributed by atoms with van der Waals surface area (Å²) in [6.45, 7) is 3.12. The zero-order valence-corrected chi connectivity index (χ0v) is 12.6. The number of hydrogen-bond acceptors (Lipinski definition) is 5. The van der Waals surface area contributed by atoms with Gasteiger partial charge in [-0.05, 0) is 18.6 Å². The van der Waals surface area contributed by atoms with Crippen molar-refractivity contribution in [2.24, 2.45) is 5.14 Å². The Morgan fingerprint density at radius 3 is 2.52 bits per heavy atom. The summed E-state index contributed by atoms with van der Waals surface area (Å²) in [7, 11) is -3.95. The minimum Gasteiger partial charge on any atom is -0.381 e. The van der Waals surface area contributed by atoms with E-state index >= 15 is 0 Å². The van der Waals surface area contributed by atoms with Gasteiger partial charge in [0.1, 0.15) is 5.82 Å². The molecule has 1 heterocycles. The number of rotatable bonds is 7.